The number of fused-ring (bicyclic) bond motifs is 1. The van der Waals surface area contributed by atoms with E-state index < -0.39 is 0 Å². The molecule has 0 heterocycles. The van der Waals surface area contributed by atoms with Gasteiger partial charge in [0.2, 0.25) is 0 Å². The Morgan fingerprint density at radius 2 is 2.00 bits per heavy atom. The van der Waals surface area contributed by atoms with Crippen LogP contribution in [0.5, 0.6) is 0 Å². The quantitative estimate of drug-likeness (QED) is 0.799. The Kier molecular flexibility index (Phi) is 3.33. The summed E-state index contributed by atoms with van der Waals surface area (Å²) in [6.07, 6.45) is 6.05. The minimum atomic E-state index is 1.09. The summed E-state index contributed by atoms with van der Waals surface area (Å²) in [4.78, 5) is 0. The van der Waals surface area contributed by atoms with Crippen LogP contribution in [0, 0.1) is 0 Å². The molecule has 0 saturated carbocycles. The van der Waals surface area contributed by atoms with Gasteiger partial charge in [-0.1, -0.05) is 19.9 Å². The van der Waals surface area contributed by atoms with Gasteiger partial charge in [0, 0.05) is 18.3 Å². The Bertz CT molecular complexity index is 404. The summed E-state index contributed by atoms with van der Waals surface area (Å²) in [7, 11) is 2.00. The second-order valence-electron chi connectivity index (χ2n) is 4.62. The molecule has 1 aliphatic carbocycles. The lowest BCUT2D eigenvalue weighted by Gasteiger charge is -2.14. The summed E-state index contributed by atoms with van der Waals surface area (Å²) >= 11 is 0. The molecule has 0 saturated heterocycles. The summed E-state index contributed by atoms with van der Waals surface area (Å²) < 4.78 is 0. The van der Waals surface area contributed by atoms with Gasteiger partial charge in [0.25, 0.3) is 0 Å². The third kappa shape index (κ3) is 1.99. The Morgan fingerprint density at radius 3 is 2.62 bits per heavy atom. The predicted octanol–water partition coefficient (Wildman–Crippen LogP) is 4.03. The molecule has 1 N–H and O–H groups in total. The lowest BCUT2D eigenvalue weighted by Crippen LogP contribution is -1.97. The fraction of sp³-hybridized carbons (Fsp3) is 0.467. The van der Waals surface area contributed by atoms with Crippen LogP contribution in [0.4, 0.5) is 5.69 Å². The van der Waals surface area contributed by atoms with Gasteiger partial charge in [-0.05, 0) is 54.5 Å². The van der Waals surface area contributed by atoms with Crippen LogP contribution in [0.3, 0.4) is 0 Å². The average Bonchev–Trinajstić information content (AvgIpc) is 2.74. The maximum atomic E-state index is 4.21. The molecule has 0 unspecified atom stereocenters. The van der Waals surface area contributed by atoms with E-state index in [0.29, 0.717) is 0 Å². The van der Waals surface area contributed by atoms with Crippen LogP contribution in [-0.4, -0.2) is 7.05 Å². The molecular formula is C15H21N. The van der Waals surface area contributed by atoms with E-state index in [1.54, 1.807) is 0 Å². The van der Waals surface area contributed by atoms with E-state index in [1.807, 2.05) is 7.05 Å². The number of allylic oxidation sites excluding steroid dienone is 1. The van der Waals surface area contributed by atoms with E-state index in [1.165, 1.54) is 53.6 Å². The molecule has 1 aromatic carbocycles. The van der Waals surface area contributed by atoms with Gasteiger partial charge in [-0.3, -0.25) is 0 Å². The molecule has 0 radical (unpaired) electrons. The predicted molar refractivity (Wildman–Crippen MR) is 72.0 cm³/mol. The van der Waals surface area contributed by atoms with Crippen molar-refractivity contribution in [3.63, 3.8) is 0 Å². The minimum absolute atomic E-state index is 1.09. The maximum Gasteiger partial charge on any atom is 0.0416 e. The third-order valence-electron chi connectivity index (χ3n) is 3.43. The van der Waals surface area contributed by atoms with Gasteiger partial charge >= 0.3 is 0 Å². The lowest BCUT2D eigenvalue weighted by atomic mass is 9.96. The molecule has 1 aromatic rings. The van der Waals surface area contributed by atoms with Crippen LogP contribution in [-0.2, 0) is 12.8 Å². The zero-order valence-corrected chi connectivity index (χ0v) is 10.4. The Morgan fingerprint density at radius 1 is 1.31 bits per heavy atom. The number of benzene rings is 1. The molecule has 0 atom stereocenters. The first-order valence-corrected chi connectivity index (χ1v) is 6.28. The normalized spacial score (nSPS) is 13.6. The number of hydrogen-bond donors (Lipinski definition) is 1. The van der Waals surface area contributed by atoms with Crippen molar-refractivity contribution in [2.24, 2.45) is 0 Å². The van der Waals surface area contributed by atoms with Crippen molar-refractivity contribution in [1.82, 2.24) is 0 Å². The lowest BCUT2D eigenvalue weighted by molar-refractivity contribution is 0.911. The molecule has 0 amide bonds. The van der Waals surface area contributed by atoms with Gasteiger partial charge in [-0.15, -0.1) is 0 Å². The van der Waals surface area contributed by atoms with Crippen molar-refractivity contribution in [1.29, 1.82) is 0 Å². The van der Waals surface area contributed by atoms with Gasteiger partial charge in [0.1, 0.15) is 0 Å². The molecule has 86 valence electrons. The number of rotatable bonds is 4. The summed E-state index contributed by atoms with van der Waals surface area (Å²) in [5, 5.41) is 3.30. The highest BCUT2D eigenvalue weighted by molar-refractivity contribution is 5.76. The van der Waals surface area contributed by atoms with Gasteiger partial charge in [0.05, 0.1) is 0 Å². The SMILES string of the molecule is C=C(CCC)c1cc2c(cc1NC)CCC2. The van der Waals surface area contributed by atoms with Crippen molar-refractivity contribution in [2.75, 3.05) is 12.4 Å². The van der Waals surface area contributed by atoms with Crippen molar-refractivity contribution in [2.45, 2.75) is 39.0 Å². The molecule has 1 nitrogen and oxygen atoms in total. The molecule has 0 aliphatic heterocycles. The minimum Gasteiger partial charge on any atom is -0.388 e. The van der Waals surface area contributed by atoms with E-state index >= 15 is 0 Å². The number of hydrogen-bond acceptors (Lipinski definition) is 1. The first kappa shape index (κ1) is 11.3. The van der Waals surface area contributed by atoms with Crippen molar-refractivity contribution < 1.29 is 0 Å². The zero-order chi connectivity index (χ0) is 11.5. The molecule has 0 spiro atoms. The molecule has 0 aromatic heterocycles. The zero-order valence-electron chi connectivity index (χ0n) is 10.4. The van der Waals surface area contributed by atoms with Crippen LogP contribution < -0.4 is 5.32 Å². The molecule has 1 aliphatic rings. The number of anilines is 1. The fourth-order valence-corrected chi connectivity index (χ4v) is 2.56. The van der Waals surface area contributed by atoms with Gasteiger partial charge in [-0.25, -0.2) is 0 Å². The largest absolute Gasteiger partial charge is 0.388 e. The molecule has 2 rings (SSSR count). The Labute approximate surface area is 98.6 Å². The first-order valence-electron chi connectivity index (χ1n) is 6.28. The highest BCUT2D eigenvalue weighted by Gasteiger charge is 2.15. The van der Waals surface area contributed by atoms with Gasteiger partial charge < -0.3 is 5.32 Å². The summed E-state index contributed by atoms with van der Waals surface area (Å²) in [6.45, 7) is 6.41. The van der Waals surface area contributed by atoms with Crippen molar-refractivity contribution >= 4 is 11.3 Å². The second-order valence-corrected chi connectivity index (χ2v) is 4.62. The second kappa shape index (κ2) is 4.73. The smallest absolute Gasteiger partial charge is 0.0416 e. The maximum absolute atomic E-state index is 4.21. The van der Waals surface area contributed by atoms with E-state index in [2.05, 4.69) is 31.0 Å². The number of nitrogens with one attached hydrogen (secondary N) is 1. The van der Waals surface area contributed by atoms with Crippen LogP contribution >= 0.6 is 0 Å². The summed E-state index contributed by atoms with van der Waals surface area (Å²) in [6, 6.07) is 4.67. The third-order valence-corrected chi connectivity index (χ3v) is 3.43. The summed E-state index contributed by atoms with van der Waals surface area (Å²) in [5.41, 5.74) is 6.90. The molecule has 1 heteroatoms. The Balaban J connectivity index is 2.39. The molecule has 0 bridgehead atoms. The van der Waals surface area contributed by atoms with Crippen molar-refractivity contribution in [3.05, 3.63) is 35.4 Å². The van der Waals surface area contributed by atoms with E-state index in [0.717, 1.165) is 6.42 Å². The topological polar surface area (TPSA) is 12.0 Å². The van der Waals surface area contributed by atoms with Crippen LogP contribution in [0.15, 0.2) is 18.7 Å². The first-order chi connectivity index (χ1) is 7.76. The Hall–Kier alpha value is -1.24. The average molecular weight is 215 g/mol. The molecule has 16 heavy (non-hydrogen) atoms. The van der Waals surface area contributed by atoms with E-state index in [-0.39, 0.29) is 0 Å². The highest BCUT2D eigenvalue weighted by atomic mass is 14.8. The van der Waals surface area contributed by atoms with Crippen LogP contribution in [0.25, 0.3) is 5.57 Å². The van der Waals surface area contributed by atoms with Crippen molar-refractivity contribution in [3.8, 4) is 0 Å². The van der Waals surface area contributed by atoms with E-state index in [9.17, 15) is 0 Å². The summed E-state index contributed by atoms with van der Waals surface area (Å²) in [5.74, 6) is 0. The van der Waals surface area contributed by atoms with Crippen LogP contribution in [0.2, 0.25) is 0 Å². The van der Waals surface area contributed by atoms with E-state index in [4.69, 9.17) is 0 Å². The number of aryl methyl sites for hydroxylation is 2. The van der Waals surface area contributed by atoms with Crippen LogP contribution in [0.1, 0.15) is 42.9 Å². The molecular weight excluding hydrogens is 194 g/mol. The monoisotopic (exact) mass is 215 g/mol. The van der Waals surface area contributed by atoms with Gasteiger partial charge in [0.15, 0.2) is 0 Å². The standard InChI is InChI=1S/C15H21N/c1-4-6-11(2)14-9-12-7-5-8-13(12)10-15(14)16-3/h9-10,16H,2,4-8H2,1,3H3. The fourth-order valence-electron chi connectivity index (χ4n) is 2.56. The highest BCUT2D eigenvalue weighted by Crippen LogP contribution is 2.33. The van der Waals surface area contributed by atoms with Gasteiger partial charge in [-0.2, -0.15) is 0 Å². The molecule has 0 fully saturated rings.